The fourth-order valence-electron chi connectivity index (χ4n) is 3.61. The molecule has 0 radical (unpaired) electrons. The van der Waals surface area contributed by atoms with Crippen LogP contribution >= 0.6 is 0 Å². The summed E-state index contributed by atoms with van der Waals surface area (Å²) in [5.41, 5.74) is 5.62. The lowest BCUT2D eigenvalue weighted by Crippen LogP contribution is -2.50. The molecular formula is C15H23N3O. The van der Waals surface area contributed by atoms with E-state index in [-0.39, 0.29) is 12.1 Å². The van der Waals surface area contributed by atoms with Gasteiger partial charge in [-0.25, -0.2) is 0 Å². The smallest absolute Gasteiger partial charge is 0.0774 e. The molecular weight excluding hydrogens is 238 g/mol. The van der Waals surface area contributed by atoms with Gasteiger partial charge in [0.05, 0.1) is 12.1 Å². The molecule has 2 heterocycles. The van der Waals surface area contributed by atoms with Gasteiger partial charge in [-0.2, -0.15) is 0 Å². The average molecular weight is 261 g/mol. The first-order chi connectivity index (χ1) is 9.31. The Morgan fingerprint density at radius 1 is 1.47 bits per heavy atom. The maximum Gasteiger partial charge on any atom is 0.0774 e. The summed E-state index contributed by atoms with van der Waals surface area (Å²) in [5, 5.41) is 0. The fraction of sp³-hybridized carbons (Fsp3) is 0.667. The van der Waals surface area contributed by atoms with Crippen LogP contribution in [0.15, 0.2) is 18.3 Å². The predicted octanol–water partition coefficient (Wildman–Crippen LogP) is 1.76. The molecule has 0 bridgehead atoms. The summed E-state index contributed by atoms with van der Waals surface area (Å²) in [7, 11) is 0. The van der Waals surface area contributed by atoms with Gasteiger partial charge in [0.1, 0.15) is 0 Å². The van der Waals surface area contributed by atoms with E-state index in [1.165, 1.54) is 17.7 Å². The Bertz CT molecular complexity index is 437. The van der Waals surface area contributed by atoms with Gasteiger partial charge in [0.2, 0.25) is 0 Å². The lowest BCUT2D eigenvalue weighted by atomic mass is 9.78. The molecule has 1 aliphatic heterocycles. The van der Waals surface area contributed by atoms with Crippen LogP contribution in [-0.4, -0.2) is 23.7 Å². The maximum atomic E-state index is 5.92. The second kappa shape index (κ2) is 5.57. The van der Waals surface area contributed by atoms with Crippen LogP contribution in [0.5, 0.6) is 0 Å². The highest BCUT2D eigenvalue weighted by Gasteiger charge is 2.39. The average Bonchev–Trinajstić information content (AvgIpc) is 2.86. The summed E-state index contributed by atoms with van der Waals surface area (Å²) in [4.78, 5) is 4.61. The number of aryl methyl sites for hydroxylation is 1. The van der Waals surface area contributed by atoms with Gasteiger partial charge >= 0.3 is 0 Å². The first-order valence-electron chi connectivity index (χ1n) is 7.32. The molecule has 2 aliphatic rings. The van der Waals surface area contributed by atoms with E-state index in [0.29, 0.717) is 11.8 Å². The Morgan fingerprint density at radius 2 is 2.37 bits per heavy atom. The molecule has 0 amide bonds. The van der Waals surface area contributed by atoms with Crippen molar-refractivity contribution in [2.45, 2.75) is 50.7 Å². The van der Waals surface area contributed by atoms with E-state index in [1.54, 1.807) is 0 Å². The van der Waals surface area contributed by atoms with Crippen molar-refractivity contribution in [2.75, 3.05) is 6.61 Å². The fourth-order valence-corrected chi connectivity index (χ4v) is 3.61. The Kier molecular flexibility index (Phi) is 3.82. The molecule has 3 N–H and O–H groups in total. The summed E-state index contributed by atoms with van der Waals surface area (Å²) < 4.78 is 5.92. The third-order valence-electron chi connectivity index (χ3n) is 4.66. The molecule has 1 aromatic heterocycles. The molecule has 4 nitrogen and oxygen atoms in total. The van der Waals surface area contributed by atoms with Gasteiger partial charge in [-0.3, -0.25) is 16.3 Å². The van der Waals surface area contributed by atoms with Crippen LogP contribution < -0.4 is 11.3 Å². The quantitative estimate of drug-likeness (QED) is 0.643. The lowest BCUT2D eigenvalue weighted by molar-refractivity contribution is 0.0492. The van der Waals surface area contributed by atoms with Crippen LogP contribution in [0.3, 0.4) is 0 Å². The van der Waals surface area contributed by atoms with Crippen LogP contribution in [0.1, 0.15) is 43.4 Å². The Hall–Kier alpha value is -0.970. The molecule has 1 fully saturated rings. The van der Waals surface area contributed by atoms with Crippen molar-refractivity contribution >= 4 is 0 Å². The van der Waals surface area contributed by atoms with Crippen molar-refractivity contribution in [1.29, 1.82) is 0 Å². The van der Waals surface area contributed by atoms with Gasteiger partial charge in [-0.05, 0) is 43.2 Å². The minimum Gasteiger partial charge on any atom is -0.376 e. The van der Waals surface area contributed by atoms with Gasteiger partial charge in [-0.15, -0.1) is 0 Å². The Labute approximate surface area is 114 Å². The Morgan fingerprint density at radius 3 is 3.11 bits per heavy atom. The number of aromatic nitrogens is 1. The molecule has 4 heteroatoms. The van der Waals surface area contributed by atoms with E-state index in [0.717, 1.165) is 25.9 Å². The standard InChI is InChI=1S/C15H23N3O/c1-10-7-9-19-15(10)14(18-16)12-6-2-4-11-5-3-8-17-13(11)12/h3,5,8,10,12,14-15,18H,2,4,6-7,9,16H2,1H3. The summed E-state index contributed by atoms with van der Waals surface area (Å²) in [6.45, 7) is 3.11. The minimum atomic E-state index is 0.173. The van der Waals surface area contributed by atoms with Crippen LogP contribution in [0, 0.1) is 5.92 Å². The second-order valence-corrected chi connectivity index (χ2v) is 5.84. The van der Waals surface area contributed by atoms with E-state index in [4.69, 9.17) is 10.6 Å². The predicted molar refractivity (Wildman–Crippen MR) is 74.5 cm³/mol. The van der Waals surface area contributed by atoms with Gasteiger partial charge in [0.25, 0.3) is 0 Å². The third kappa shape index (κ3) is 2.40. The monoisotopic (exact) mass is 261 g/mol. The number of ether oxygens (including phenoxy) is 1. The molecule has 4 atom stereocenters. The zero-order valence-electron chi connectivity index (χ0n) is 11.5. The largest absolute Gasteiger partial charge is 0.376 e. The summed E-state index contributed by atoms with van der Waals surface area (Å²) in [5.74, 6) is 6.79. The number of nitrogens with zero attached hydrogens (tertiary/aromatic N) is 1. The van der Waals surface area contributed by atoms with E-state index in [2.05, 4.69) is 23.4 Å². The SMILES string of the molecule is CC1CCOC1C(NN)C1CCCc2cccnc21. The van der Waals surface area contributed by atoms with Crippen molar-refractivity contribution < 1.29 is 4.74 Å². The van der Waals surface area contributed by atoms with E-state index >= 15 is 0 Å². The van der Waals surface area contributed by atoms with Crippen LogP contribution in [-0.2, 0) is 11.2 Å². The highest BCUT2D eigenvalue weighted by atomic mass is 16.5. The topological polar surface area (TPSA) is 60.2 Å². The minimum absolute atomic E-state index is 0.173. The van der Waals surface area contributed by atoms with Crippen LogP contribution in [0.2, 0.25) is 0 Å². The number of nitrogens with one attached hydrogen (secondary N) is 1. The lowest BCUT2D eigenvalue weighted by Gasteiger charge is -2.35. The molecule has 1 aliphatic carbocycles. The molecule has 0 saturated carbocycles. The highest BCUT2D eigenvalue weighted by Crippen LogP contribution is 2.37. The zero-order valence-corrected chi connectivity index (χ0v) is 11.5. The highest BCUT2D eigenvalue weighted by molar-refractivity contribution is 5.28. The third-order valence-corrected chi connectivity index (χ3v) is 4.66. The van der Waals surface area contributed by atoms with E-state index in [9.17, 15) is 0 Å². The maximum absolute atomic E-state index is 5.92. The first kappa shape index (κ1) is 13.0. The summed E-state index contributed by atoms with van der Waals surface area (Å²) in [6.07, 6.45) is 6.73. The number of rotatable bonds is 3. The van der Waals surface area contributed by atoms with Crippen LogP contribution in [0.25, 0.3) is 0 Å². The molecule has 104 valence electrons. The van der Waals surface area contributed by atoms with Crippen molar-refractivity contribution in [3.8, 4) is 0 Å². The summed E-state index contributed by atoms with van der Waals surface area (Å²) in [6, 6.07) is 4.40. The van der Waals surface area contributed by atoms with Gasteiger partial charge in [0, 0.05) is 24.4 Å². The first-order valence-corrected chi connectivity index (χ1v) is 7.32. The summed E-state index contributed by atoms with van der Waals surface area (Å²) >= 11 is 0. The van der Waals surface area contributed by atoms with Crippen molar-refractivity contribution in [2.24, 2.45) is 11.8 Å². The molecule has 0 aromatic carbocycles. The molecule has 19 heavy (non-hydrogen) atoms. The molecule has 1 aromatic rings. The van der Waals surface area contributed by atoms with Crippen molar-refractivity contribution in [3.05, 3.63) is 29.6 Å². The van der Waals surface area contributed by atoms with E-state index < -0.39 is 0 Å². The van der Waals surface area contributed by atoms with Gasteiger partial charge in [-0.1, -0.05) is 13.0 Å². The van der Waals surface area contributed by atoms with E-state index in [1.807, 2.05) is 12.3 Å². The number of pyridine rings is 1. The zero-order chi connectivity index (χ0) is 13.2. The molecule has 0 spiro atoms. The molecule has 1 saturated heterocycles. The molecule has 4 unspecified atom stereocenters. The van der Waals surface area contributed by atoms with Gasteiger partial charge < -0.3 is 4.74 Å². The van der Waals surface area contributed by atoms with Crippen LogP contribution in [0.4, 0.5) is 0 Å². The molecule has 3 rings (SSSR count). The van der Waals surface area contributed by atoms with Crippen molar-refractivity contribution in [1.82, 2.24) is 10.4 Å². The number of hydrogen-bond acceptors (Lipinski definition) is 4. The number of hydrogen-bond donors (Lipinski definition) is 2. The van der Waals surface area contributed by atoms with Crippen molar-refractivity contribution in [3.63, 3.8) is 0 Å². The second-order valence-electron chi connectivity index (χ2n) is 5.84. The Balaban J connectivity index is 1.88. The number of nitrogens with two attached hydrogens (primary N) is 1. The number of hydrazine groups is 1. The number of fused-ring (bicyclic) bond motifs is 1. The normalized spacial score (nSPS) is 32.0. The van der Waals surface area contributed by atoms with Gasteiger partial charge in [0.15, 0.2) is 0 Å².